The molecule has 23 heavy (non-hydrogen) atoms. The van der Waals surface area contributed by atoms with Gasteiger partial charge in [0.15, 0.2) is 11.6 Å². The van der Waals surface area contributed by atoms with Crippen molar-refractivity contribution < 1.29 is 13.6 Å². The summed E-state index contributed by atoms with van der Waals surface area (Å²) in [6.45, 7) is 4.96. The number of rotatable bonds is 6. The van der Waals surface area contributed by atoms with Crippen LogP contribution < -0.4 is 10.6 Å². The third-order valence-electron chi connectivity index (χ3n) is 3.10. The molecule has 1 amide bonds. The topological polar surface area (TPSA) is 66.9 Å². The van der Waals surface area contributed by atoms with Crippen LogP contribution in [-0.4, -0.2) is 22.4 Å². The van der Waals surface area contributed by atoms with Gasteiger partial charge in [-0.2, -0.15) is 0 Å². The van der Waals surface area contributed by atoms with E-state index in [1.165, 1.54) is 18.5 Å². The highest BCUT2D eigenvalue weighted by Crippen LogP contribution is 2.14. The maximum absolute atomic E-state index is 13.1. The maximum atomic E-state index is 13.1. The highest BCUT2D eigenvalue weighted by atomic mass is 19.2. The van der Waals surface area contributed by atoms with E-state index in [4.69, 9.17) is 0 Å². The fourth-order valence-corrected chi connectivity index (χ4v) is 1.84. The molecule has 0 saturated heterocycles. The van der Waals surface area contributed by atoms with Gasteiger partial charge < -0.3 is 10.6 Å². The van der Waals surface area contributed by atoms with Crippen molar-refractivity contribution in [3.8, 4) is 0 Å². The summed E-state index contributed by atoms with van der Waals surface area (Å²) in [5.74, 6) is -1.43. The van der Waals surface area contributed by atoms with Gasteiger partial charge in [-0.05, 0) is 24.5 Å². The molecule has 2 N–H and O–H groups in total. The predicted molar refractivity (Wildman–Crippen MR) is 84.3 cm³/mol. The van der Waals surface area contributed by atoms with Crippen molar-refractivity contribution in [2.45, 2.75) is 20.3 Å². The molecule has 1 heterocycles. The largest absolute Gasteiger partial charge is 0.370 e. The number of halogens is 2. The van der Waals surface area contributed by atoms with Crippen LogP contribution in [0.5, 0.6) is 0 Å². The first-order valence-electron chi connectivity index (χ1n) is 7.28. The van der Waals surface area contributed by atoms with Crippen LogP contribution in [-0.2, 0) is 0 Å². The van der Waals surface area contributed by atoms with Crippen LogP contribution in [0.3, 0.4) is 0 Å². The second-order valence-corrected chi connectivity index (χ2v) is 5.48. The molecule has 0 spiro atoms. The summed E-state index contributed by atoms with van der Waals surface area (Å²) in [6.07, 6.45) is 2.25. The Morgan fingerprint density at radius 2 is 1.96 bits per heavy atom. The number of carbonyl (C=O) groups is 1. The zero-order valence-corrected chi connectivity index (χ0v) is 12.9. The molecule has 0 saturated carbocycles. The Bertz CT molecular complexity index is 692. The molecule has 1 aromatic carbocycles. The number of carbonyl (C=O) groups excluding carboxylic acids is 1. The van der Waals surface area contributed by atoms with Crippen molar-refractivity contribution >= 4 is 17.4 Å². The van der Waals surface area contributed by atoms with Crippen LogP contribution in [0.4, 0.5) is 20.3 Å². The van der Waals surface area contributed by atoms with E-state index in [9.17, 15) is 13.6 Å². The van der Waals surface area contributed by atoms with Gasteiger partial charge in [-0.3, -0.25) is 4.79 Å². The molecule has 0 aliphatic heterocycles. The first-order chi connectivity index (χ1) is 11.0. The molecule has 2 aromatic rings. The summed E-state index contributed by atoms with van der Waals surface area (Å²) in [6, 6.07) is 4.65. The molecule has 0 bridgehead atoms. The second-order valence-electron chi connectivity index (χ2n) is 5.48. The predicted octanol–water partition coefficient (Wildman–Crippen LogP) is 3.47. The molecule has 0 aliphatic rings. The van der Waals surface area contributed by atoms with Crippen LogP contribution in [0, 0.1) is 17.6 Å². The summed E-state index contributed by atoms with van der Waals surface area (Å²) >= 11 is 0. The van der Waals surface area contributed by atoms with E-state index in [0.717, 1.165) is 25.1 Å². The summed E-state index contributed by atoms with van der Waals surface area (Å²) in [4.78, 5) is 20.0. The minimum absolute atomic E-state index is 0.136. The fraction of sp³-hybridized carbons (Fsp3) is 0.312. The highest BCUT2D eigenvalue weighted by Gasteiger charge is 2.11. The summed E-state index contributed by atoms with van der Waals surface area (Å²) in [5.41, 5.74) is 0.290. The minimum atomic E-state index is -1.03. The molecular weight excluding hydrogens is 302 g/mol. The van der Waals surface area contributed by atoms with Gasteiger partial charge in [0.25, 0.3) is 5.91 Å². The van der Waals surface area contributed by atoms with Crippen molar-refractivity contribution in [3.63, 3.8) is 0 Å². The zero-order chi connectivity index (χ0) is 16.8. The maximum Gasteiger partial charge on any atom is 0.274 e. The van der Waals surface area contributed by atoms with Crippen molar-refractivity contribution in [1.29, 1.82) is 0 Å². The fourth-order valence-electron chi connectivity index (χ4n) is 1.84. The van der Waals surface area contributed by atoms with E-state index in [1.807, 2.05) is 0 Å². The van der Waals surface area contributed by atoms with Gasteiger partial charge >= 0.3 is 0 Å². The zero-order valence-electron chi connectivity index (χ0n) is 12.9. The number of nitrogens with zero attached hydrogens (tertiary/aromatic N) is 2. The summed E-state index contributed by atoms with van der Waals surface area (Å²) in [5, 5.41) is 5.58. The van der Waals surface area contributed by atoms with E-state index in [-0.39, 0.29) is 11.4 Å². The lowest BCUT2D eigenvalue weighted by atomic mass is 10.1. The van der Waals surface area contributed by atoms with Crippen LogP contribution in [0.25, 0.3) is 0 Å². The highest BCUT2D eigenvalue weighted by molar-refractivity contribution is 6.03. The molecule has 122 valence electrons. The first kappa shape index (κ1) is 16.8. The van der Waals surface area contributed by atoms with Crippen molar-refractivity contribution in [1.82, 2.24) is 9.97 Å². The van der Waals surface area contributed by atoms with Crippen LogP contribution in [0.1, 0.15) is 30.8 Å². The van der Waals surface area contributed by atoms with Crippen LogP contribution in [0.15, 0.2) is 30.6 Å². The lowest BCUT2D eigenvalue weighted by Gasteiger charge is -2.09. The van der Waals surface area contributed by atoms with Gasteiger partial charge in [0.1, 0.15) is 17.8 Å². The average Bonchev–Trinajstić information content (AvgIpc) is 2.51. The molecule has 0 unspecified atom stereocenters. The van der Waals surface area contributed by atoms with Gasteiger partial charge in [-0.1, -0.05) is 13.8 Å². The van der Waals surface area contributed by atoms with Crippen molar-refractivity contribution in [3.05, 3.63) is 47.9 Å². The molecule has 0 atom stereocenters. The number of hydrogen-bond donors (Lipinski definition) is 2. The van der Waals surface area contributed by atoms with E-state index in [0.29, 0.717) is 11.7 Å². The lowest BCUT2D eigenvalue weighted by Crippen LogP contribution is -2.15. The lowest BCUT2D eigenvalue weighted by molar-refractivity contribution is 0.102. The molecule has 0 aliphatic carbocycles. The van der Waals surface area contributed by atoms with Gasteiger partial charge in [-0.15, -0.1) is 0 Å². The number of amides is 1. The Morgan fingerprint density at radius 3 is 2.65 bits per heavy atom. The molecule has 5 nitrogen and oxygen atoms in total. The third-order valence-corrected chi connectivity index (χ3v) is 3.10. The number of aromatic nitrogens is 2. The van der Waals surface area contributed by atoms with Crippen molar-refractivity contribution in [2.24, 2.45) is 5.92 Å². The number of hydrogen-bond acceptors (Lipinski definition) is 4. The monoisotopic (exact) mass is 320 g/mol. The Hall–Kier alpha value is -2.57. The molecule has 2 rings (SSSR count). The minimum Gasteiger partial charge on any atom is -0.370 e. The van der Waals surface area contributed by atoms with Gasteiger partial charge in [0.05, 0.1) is 0 Å². The van der Waals surface area contributed by atoms with Gasteiger partial charge in [-0.25, -0.2) is 18.7 Å². The average molecular weight is 320 g/mol. The summed E-state index contributed by atoms with van der Waals surface area (Å²) < 4.78 is 26.0. The third kappa shape index (κ3) is 4.98. The standard InChI is InChI=1S/C16H18F2N4O/c1-10(2)5-6-19-15-8-14(20-9-21-15)16(23)22-11-3-4-12(17)13(18)7-11/h3-4,7-10H,5-6H2,1-2H3,(H,22,23)(H,19,20,21). The normalized spacial score (nSPS) is 10.7. The Balaban J connectivity index is 2.02. The van der Waals surface area contributed by atoms with E-state index < -0.39 is 17.5 Å². The second kappa shape index (κ2) is 7.62. The Labute approximate surface area is 133 Å². The van der Waals surface area contributed by atoms with Gasteiger partial charge in [0.2, 0.25) is 0 Å². The van der Waals surface area contributed by atoms with Gasteiger partial charge in [0, 0.05) is 24.4 Å². The van der Waals surface area contributed by atoms with Crippen LogP contribution >= 0.6 is 0 Å². The van der Waals surface area contributed by atoms with E-state index in [2.05, 4.69) is 34.4 Å². The Morgan fingerprint density at radius 1 is 1.17 bits per heavy atom. The van der Waals surface area contributed by atoms with Crippen molar-refractivity contribution in [2.75, 3.05) is 17.2 Å². The number of benzene rings is 1. The number of nitrogens with one attached hydrogen (secondary N) is 2. The quantitative estimate of drug-likeness (QED) is 0.855. The molecule has 7 heteroatoms. The smallest absolute Gasteiger partial charge is 0.274 e. The van der Waals surface area contributed by atoms with Crippen LogP contribution in [0.2, 0.25) is 0 Å². The van der Waals surface area contributed by atoms with E-state index in [1.54, 1.807) is 0 Å². The Kier molecular flexibility index (Phi) is 5.56. The molecule has 1 aromatic heterocycles. The van der Waals surface area contributed by atoms with E-state index >= 15 is 0 Å². The molecule has 0 radical (unpaired) electrons. The summed E-state index contributed by atoms with van der Waals surface area (Å²) in [7, 11) is 0. The molecular formula is C16H18F2N4O. The SMILES string of the molecule is CC(C)CCNc1cc(C(=O)Nc2ccc(F)c(F)c2)ncn1. The molecule has 0 fully saturated rings. The first-order valence-corrected chi connectivity index (χ1v) is 7.28. The number of anilines is 2.